The molecule has 0 aliphatic carbocycles. The summed E-state index contributed by atoms with van der Waals surface area (Å²) in [5.74, 6) is 0. The predicted octanol–water partition coefficient (Wildman–Crippen LogP) is -1.95. The van der Waals surface area contributed by atoms with E-state index in [9.17, 15) is 0 Å². The maximum absolute atomic E-state index is 8.40. The van der Waals surface area contributed by atoms with E-state index in [0.717, 1.165) is 0 Å². The van der Waals surface area contributed by atoms with Crippen molar-refractivity contribution in [2.24, 2.45) is 0 Å². The minimum atomic E-state index is -0.500. The van der Waals surface area contributed by atoms with Gasteiger partial charge >= 0.3 is 29.6 Å². The van der Waals surface area contributed by atoms with Gasteiger partial charge in [0, 0.05) is 0 Å². The summed E-state index contributed by atoms with van der Waals surface area (Å²) in [5, 5.41) is 0. The molecule has 1 atom stereocenters. The second-order valence-electron chi connectivity index (χ2n) is 0.156. The van der Waals surface area contributed by atoms with Gasteiger partial charge in [-0.05, 0) is 0 Å². The minimum Gasteiger partial charge on any atom is -0.776 e. The van der Waals surface area contributed by atoms with E-state index >= 15 is 0 Å². The average Bonchev–Trinajstić information content (AvgIpc) is 1.39. The van der Waals surface area contributed by atoms with Crippen LogP contribution in [0.15, 0.2) is 0 Å². The topological polar surface area (TPSA) is 83.8 Å². The van der Waals surface area contributed by atoms with Crippen LogP contribution in [0.25, 0.3) is 0 Å². The van der Waals surface area contributed by atoms with Gasteiger partial charge in [-0.2, -0.15) is 9.90 Å². The first-order valence-electron chi connectivity index (χ1n) is 0.714. The van der Waals surface area contributed by atoms with Crippen LogP contribution in [0, 0.1) is 0 Å². The summed E-state index contributed by atoms with van der Waals surface area (Å²) in [6, 6.07) is 0. The summed E-state index contributed by atoms with van der Waals surface area (Å²) >= 11 is -0.750. The van der Waals surface area contributed by atoms with E-state index in [1.165, 1.54) is 0 Å². The standard InChI is InChI=1S/Na.2H2O2S.H3P/c;2*1-3-2;/h;2*1-2H;1H3/q+1;;;/p-1. The Bertz CT molecular complexity index is 16.0. The quantitative estimate of drug-likeness (QED) is 0.233. The normalized spacial score (nSPS) is 4.50. The molecule has 0 amide bonds. The first-order chi connectivity index (χ1) is 2.83. The van der Waals surface area contributed by atoms with Crippen LogP contribution >= 0.6 is 34.5 Å². The summed E-state index contributed by atoms with van der Waals surface area (Å²) in [5.41, 5.74) is 0. The van der Waals surface area contributed by atoms with Gasteiger partial charge < -0.3 is 18.2 Å². The molecule has 0 bridgehead atoms. The van der Waals surface area contributed by atoms with Crippen LogP contribution in [0.3, 0.4) is 0 Å². The molecule has 0 aliphatic rings. The molecule has 4 nitrogen and oxygen atoms in total. The van der Waals surface area contributed by atoms with Crippen molar-refractivity contribution in [2.75, 3.05) is 0 Å². The fourth-order valence-corrected chi connectivity index (χ4v) is 0. The maximum Gasteiger partial charge on any atom is 1.00 e. The van der Waals surface area contributed by atoms with Crippen molar-refractivity contribution < 1.29 is 47.8 Å². The van der Waals surface area contributed by atoms with Gasteiger partial charge in [0.15, 0.2) is 12.3 Å². The summed E-state index contributed by atoms with van der Waals surface area (Å²) < 4.78 is 29.4. The molecule has 0 rings (SSSR count). The fraction of sp³-hybridized carbons (Fsp3) is 0. The molecule has 0 aromatic rings. The predicted molar refractivity (Wildman–Crippen MR) is 35.0 cm³/mol. The second-order valence-corrected chi connectivity index (χ2v) is 0.469. The van der Waals surface area contributed by atoms with Gasteiger partial charge in [-0.1, -0.05) is 0 Å². The molecular weight excluding hydrogens is 182 g/mol. The van der Waals surface area contributed by atoms with Crippen LogP contribution < -0.4 is 29.6 Å². The Labute approximate surface area is 81.8 Å². The zero-order chi connectivity index (χ0) is 5.41. The fourth-order valence-electron chi connectivity index (χ4n) is 0. The zero-order valence-electron chi connectivity index (χ0n) is 4.27. The van der Waals surface area contributed by atoms with Gasteiger partial charge in [0.05, 0.1) is 0 Å². The summed E-state index contributed by atoms with van der Waals surface area (Å²) in [4.78, 5) is 0. The van der Waals surface area contributed by atoms with E-state index in [4.69, 9.17) is 18.2 Å². The molecule has 3 N–H and O–H groups in total. The van der Waals surface area contributed by atoms with Crippen LogP contribution in [0.2, 0.25) is 0 Å². The molecule has 0 radical (unpaired) electrons. The van der Waals surface area contributed by atoms with Gasteiger partial charge in [0.25, 0.3) is 0 Å². The van der Waals surface area contributed by atoms with E-state index in [1.807, 2.05) is 0 Å². The molecule has 0 aliphatic heterocycles. The van der Waals surface area contributed by atoms with Crippen LogP contribution in [-0.4, -0.2) is 18.2 Å². The Morgan fingerprint density at radius 2 is 1.12 bits per heavy atom. The van der Waals surface area contributed by atoms with Crippen molar-refractivity contribution in [1.82, 2.24) is 0 Å². The minimum absolute atomic E-state index is 0. The van der Waals surface area contributed by atoms with Gasteiger partial charge in [-0.3, -0.25) is 0 Å². The average molecular weight is 188 g/mol. The van der Waals surface area contributed by atoms with Crippen LogP contribution in [0.5, 0.6) is 0 Å². The third kappa shape index (κ3) is 99.8. The Morgan fingerprint density at radius 3 is 1.12 bits per heavy atom. The van der Waals surface area contributed by atoms with E-state index in [0.29, 0.717) is 0 Å². The maximum atomic E-state index is 8.40. The number of hydrogen-bond acceptors (Lipinski definition) is 6. The zero-order valence-corrected chi connectivity index (χ0v) is 9.32. The molecule has 0 fully saturated rings. The smallest absolute Gasteiger partial charge is 0.776 e. The van der Waals surface area contributed by atoms with Crippen LogP contribution in [0.1, 0.15) is 0 Å². The van der Waals surface area contributed by atoms with E-state index in [2.05, 4.69) is 0 Å². The number of rotatable bonds is 0. The molecule has 0 spiro atoms. The summed E-state index contributed by atoms with van der Waals surface area (Å²) in [6.07, 6.45) is 0. The molecule has 0 saturated heterocycles. The SMILES string of the molecule is OSO.P.[Na+].[O-]SO. The summed E-state index contributed by atoms with van der Waals surface area (Å²) in [6.45, 7) is 0. The van der Waals surface area contributed by atoms with E-state index in [1.54, 1.807) is 0 Å². The largest absolute Gasteiger partial charge is 1.00 e. The summed E-state index contributed by atoms with van der Waals surface area (Å²) in [7, 11) is 0. The van der Waals surface area contributed by atoms with Crippen LogP contribution in [-0.2, 0) is 0 Å². The Morgan fingerprint density at radius 1 is 1.12 bits per heavy atom. The van der Waals surface area contributed by atoms with Gasteiger partial charge in [0.2, 0.25) is 0 Å². The van der Waals surface area contributed by atoms with Crippen LogP contribution in [0.4, 0.5) is 0 Å². The molecule has 8 heavy (non-hydrogen) atoms. The van der Waals surface area contributed by atoms with E-state index in [-0.39, 0.29) is 51.8 Å². The van der Waals surface area contributed by atoms with Crippen molar-refractivity contribution in [3.8, 4) is 0 Å². The van der Waals surface area contributed by atoms with Crippen molar-refractivity contribution in [1.29, 1.82) is 0 Å². The number of hydrogen-bond donors (Lipinski definition) is 3. The molecule has 0 saturated carbocycles. The van der Waals surface area contributed by atoms with Gasteiger partial charge in [0.1, 0.15) is 0 Å². The molecule has 48 valence electrons. The van der Waals surface area contributed by atoms with Gasteiger partial charge in [-0.15, -0.1) is 12.3 Å². The first kappa shape index (κ1) is 22.5. The third-order valence-electron chi connectivity index (χ3n) is 0. The Kier molecular flexibility index (Phi) is 102. The first-order valence-corrected chi connectivity index (χ1v) is 2.14. The monoisotopic (exact) mass is 188 g/mol. The molecule has 8 heteroatoms. The molecule has 0 heterocycles. The Balaban J connectivity index is -0.0000000160. The molecule has 0 aromatic carbocycles. The van der Waals surface area contributed by atoms with E-state index < -0.39 is 12.3 Å². The van der Waals surface area contributed by atoms with Crippen molar-refractivity contribution >= 4 is 34.5 Å². The Hall–Kier alpha value is 1.97. The van der Waals surface area contributed by atoms with Crippen molar-refractivity contribution in [3.63, 3.8) is 0 Å². The third-order valence-corrected chi connectivity index (χ3v) is 0. The second kappa shape index (κ2) is 36.2. The molecule has 1 unspecified atom stereocenters. The molecule has 0 aromatic heterocycles. The van der Waals surface area contributed by atoms with Crippen molar-refractivity contribution in [3.05, 3.63) is 0 Å². The van der Waals surface area contributed by atoms with Crippen molar-refractivity contribution in [2.45, 2.75) is 0 Å². The molecular formula is H6NaO4PS2. The van der Waals surface area contributed by atoms with Gasteiger partial charge in [-0.25, -0.2) is 0 Å².